The van der Waals surface area contributed by atoms with Crippen molar-refractivity contribution in [3.05, 3.63) is 23.4 Å². The average Bonchev–Trinajstić information content (AvgIpc) is 2.89. The number of nitrogens with zero attached hydrogens (tertiary/aromatic N) is 2. The molecule has 0 aromatic carbocycles. The second-order valence-electron chi connectivity index (χ2n) is 3.60. The van der Waals surface area contributed by atoms with Gasteiger partial charge < -0.3 is 4.74 Å². The molecule has 0 saturated carbocycles. The lowest BCUT2D eigenvalue weighted by atomic mass is 10.3. The van der Waals surface area contributed by atoms with E-state index in [1.54, 1.807) is 6.08 Å². The summed E-state index contributed by atoms with van der Waals surface area (Å²) in [6.45, 7) is 0.734. The SMILES string of the molecule is COC(=O)c1ncsc1S(=O)(=O)N1CC=CCC1. The Morgan fingerprint density at radius 1 is 1.50 bits per heavy atom. The van der Waals surface area contributed by atoms with Crippen LogP contribution in [0.25, 0.3) is 0 Å². The molecule has 1 aromatic heterocycles. The Morgan fingerprint density at radius 3 is 2.89 bits per heavy atom. The molecule has 6 nitrogen and oxygen atoms in total. The fraction of sp³-hybridized carbons (Fsp3) is 0.400. The molecule has 0 saturated heterocycles. The van der Waals surface area contributed by atoms with Gasteiger partial charge in [-0.2, -0.15) is 4.31 Å². The first kappa shape index (κ1) is 13.2. The van der Waals surface area contributed by atoms with Gasteiger partial charge in [-0.05, 0) is 6.42 Å². The molecule has 1 aromatic rings. The van der Waals surface area contributed by atoms with Gasteiger partial charge in [0, 0.05) is 13.1 Å². The number of carbonyl (C=O) groups excluding carboxylic acids is 1. The summed E-state index contributed by atoms with van der Waals surface area (Å²) in [5.74, 6) is -0.734. The maximum absolute atomic E-state index is 12.3. The van der Waals surface area contributed by atoms with Gasteiger partial charge >= 0.3 is 5.97 Å². The van der Waals surface area contributed by atoms with Crippen LogP contribution in [0.2, 0.25) is 0 Å². The van der Waals surface area contributed by atoms with Crippen LogP contribution in [0, 0.1) is 0 Å². The predicted molar refractivity (Wildman–Crippen MR) is 66.0 cm³/mol. The van der Waals surface area contributed by atoms with Crippen molar-refractivity contribution in [3.8, 4) is 0 Å². The van der Waals surface area contributed by atoms with Crippen LogP contribution in [-0.2, 0) is 14.8 Å². The van der Waals surface area contributed by atoms with Crippen LogP contribution in [0.15, 0.2) is 21.9 Å². The molecule has 8 heteroatoms. The number of thiazole rings is 1. The minimum atomic E-state index is -3.67. The van der Waals surface area contributed by atoms with E-state index < -0.39 is 16.0 Å². The Labute approximate surface area is 109 Å². The largest absolute Gasteiger partial charge is 0.464 e. The lowest BCUT2D eigenvalue weighted by Crippen LogP contribution is -2.34. The van der Waals surface area contributed by atoms with Crippen molar-refractivity contribution in [2.45, 2.75) is 10.6 Å². The molecule has 0 aliphatic carbocycles. The number of sulfonamides is 1. The molecule has 0 amide bonds. The highest BCUT2D eigenvalue weighted by Gasteiger charge is 2.31. The van der Waals surface area contributed by atoms with Gasteiger partial charge in [0.25, 0.3) is 10.0 Å². The predicted octanol–water partition coefficient (Wildman–Crippen LogP) is 0.880. The molecule has 0 radical (unpaired) electrons. The first-order valence-corrected chi connectivity index (χ1v) is 7.56. The smallest absolute Gasteiger partial charge is 0.358 e. The summed E-state index contributed by atoms with van der Waals surface area (Å²) < 4.78 is 30.5. The minimum absolute atomic E-state index is 0.0512. The number of ether oxygens (including phenoxy) is 1. The van der Waals surface area contributed by atoms with Crippen molar-refractivity contribution in [2.24, 2.45) is 0 Å². The highest BCUT2D eigenvalue weighted by Crippen LogP contribution is 2.25. The first-order chi connectivity index (χ1) is 8.57. The van der Waals surface area contributed by atoms with E-state index in [1.165, 1.54) is 16.9 Å². The van der Waals surface area contributed by atoms with E-state index in [0.717, 1.165) is 11.3 Å². The second kappa shape index (κ2) is 5.17. The van der Waals surface area contributed by atoms with Crippen LogP contribution >= 0.6 is 11.3 Å². The van der Waals surface area contributed by atoms with Gasteiger partial charge in [0.1, 0.15) is 0 Å². The Morgan fingerprint density at radius 2 is 2.28 bits per heavy atom. The van der Waals surface area contributed by atoms with E-state index in [1.807, 2.05) is 6.08 Å². The quantitative estimate of drug-likeness (QED) is 0.609. The Bertz CT molecular complexity index is 576. The van der Waals surface area contributed by atoms with Crippen LogP contribution in [0.4, 0.5) is 0 Å². The number of aromatic nitrogens is 1. The van der Waals surface area contributed by atoms with E-state index in [9.17, 15) is 13.2 Å². The lowest BCUT2D eigenvalue weighted by molar-refractivity contribution is 0.0590. The van der Waals surface area contributed by atoms with Crippen molar-refractivity contribution >= 4 is 27.3 Å². The fourth-order valence-electron chi connectivity index (χ4n) is 1.61. The molecule has 0 bridgehead atoms. The lowest BCUT2D eigenvalue weighted by Gasteiger charge is -2.21. The molecule has 1 aliphatic rings. The molecule has 0 fully saturated rings. The number of rotatable bonds is 3. The fourth-order valence-corrected chi connectivity index (χ4v) is 4.28. The van der Waals surface area contributed by atoms with Crippen LogP contribution in [-0.4, -0.2) is 43.9 Å². The Balaban J connectivity index is 2.38. The van der Waals surface area contributed by atoms with Crippen molar-refractivity contribution in [3.63, 3.8) is 0 Å². The van der Waals surface area contributed by atoms with E-state index in [-0.39, 0.29) is 9.90 Å². The summed E-state index contributed by atoms with van der Waals surface area (Å²) in [4.78, 5) is 15.2. The van der Waals surface area contributed by atoms with Crippen molar-refractivity contribution in [1.29, 1.82) is 0 Å². The zero-order valence-corrected chi connectivity index (χ0v) is 11.3. The molecule has 98 valence electrons. The topological polar surface area (TPSA) is 76.6 Å². The van der Waals surface area contributed by atoms with E-state index >= 15 is 0 Å². The van der Waals surface area contributed by atoms with Gasteiger partial charge in [-0.1, -0.05) is 12.2 Å². The van der Waals surface area contributed by atoms with Gasteiger partial charge in [-0.15, -0.1) is 11.3 Å². The second-order valence-corrected chi connectivity index (χ2v) is 6.59. The van der Waals surface area contributed by atoms with Gasteiger partial charge in [-0.3, -0.25) is 0 Å². The third-order valence-corrected chi connectivity index (χ3v) is 5.72. The minimum Gasteiger partial charge on any atom is -0.464 e. The summed E-state index contributed by atoms with van der Waals surface area (Å²) in [6, 6.07) is 0. The summed E-state index contributed by atoms with van der Waals surface area (Å²) in [5, 5.41) is 0. The Kier molecular flexibility index (Phi) is 3.79. The molecule has 18 heavy (non-hydrogen) atoms. The number of esters is 1. The van der Waals surface area contributed by atoms with Crippen LogP contribution < -0.4 is 0 Å². The molecule has 0 N–H and O–H groups in total. The van der Waals surface area contributed by atoms with Gasteiger partial charge in [-0.25, -0.2) is 18.2 Å². The number of methoxy groups -OCH3 is 1. The average molecular weight is 288 g/mol. The van der Waals surface area contributed by atoms with E-state index in [0.29, 0.717) is 19.5 Å². The third kappa shape index (κ3) is 2.31. The number of hydrogen-bond acceptors (Lipinski definition) is 6. The summed E-state index contributed by atoms with van der Waals surface area (Å²) >= 11 is 0.928. The molecule has 0 unspecified atom stereocenters. The van der Waals surface area contributed by atoms with Crippen LogP contribution in [0.5, 0.6) is 0 Å². The molecule has 2 heterocycles. The summed E-state index contributed by atoms with van der Waals surface area (Å²) in [5.41, 5.74) is 1.19. The standard InChI is InChI=1S/C10H12N2O4S2/c1-16-9(13)8-10(17-7-11-8)18(14,15)12-5-3-2-4-6-12/h2-3,7H,4-6H2,1H3. The molecule has 0 atom stereocenters. The number of hydrogen-bond donors (Lipinski definition) is 0. The molecule has 1 aliphatic heterocycles. The monoisotopic (exact) mass is 288 g/mol. The maximum atomic E-state index is 12.3. The van der Waals surface area contributed by atoms with Gasteiger partial charge in [0.15, 0.2) is 9.90 Å². The zero-order valence-electron chi connectivity index (χ0n) is 9.70. The molecular formula is C10H12N2O4S2. The van der Waals surface area contributed by atoms with E-state index in [4.69, 9.17) is 0 Å². The van der Waals surface area contributed by atoms with Gasteiger partial charge in [0.05, 0.1) is 12.6 Å². The number of carbonyl (C=O) groups is 1. The van der Waals surface area contributed by atoms with E-state index in [2.05, 4.69) is 9.72 Å². The van der Waals surface area contributed by atoms with Crippen molar-refractivity contribution in [1.82, 2.24) is 9.29 Å². The molecule has 0 spiro atoms. The van der Waals surface area contributed by atoms with Crippen LogP contribution in [0.1, 0.15) is 16.9 Å². The normalized spacial score (nSPS) is 16.7. The van der Waals surface area contributed by atoms with Crippen molar-refractivity contribution in [2.75, 3.05) is 20.2 Å². The first-order valence-electron chi connectivity index (χ1n) is 5.24. The summed E-state index contributed by atoms with van der Waals surface area (Å²) in [6.07, 6.45) is 4.39. The molecular weight excluding hydrogens is 276 g/mol. The molecule has 2 rings (SSSR count). The third-order valence-electron chi connectivity index (χ3n) is 2.51. The Hall–Kier alpha value is -1.25. The highest BCUT2D eigenvalue weighted by atomic mass is 32.2. The summed E-state index contributed by atoms with van der Waals surface area (Å²) in [7, 11) is -2.47. The maximum Gasteiger partial charge on any atom is 0.358 e. The van der Waals surface area contributed by atoms with Crippen LogP contribution in [0.3, 0.4) is 0 Å². The van der Waals surface area contributed by atoms with Gasteiger partial charge in [0.2, 0.25) is 0 Å². The highest BCUT2D eigenvalue weighted by molar-refractivity contribution is 7.91. The van der Waals surface area contributed by atoms with Crippen molar-refractivity contribution < 1.29 is 17.9 Å². The zero-order chi connectivity index (χ0) is 13.2.